The van der Waals surface area contributed by atoms with Crippen LogP contribution in [-0.4, -0.2) is 59.9 Å². The summed E-state index contributed by atoms with van der Waals surface area (Å²) >= 11 is 0. The van der Waals surface area contributed by atoms with Crippen LogP contribution in [0.4, 0.5) is 8.78 Å². The van der Waals surface area contributed by atoms with Crippen molar-refractivity contribution in [3.8, 4) is 11.3 Å². The number of hydrogen-bond acceptors (Lipinski definition) is 4. The van der Waals surface area contributed by atoms with Gasteiger partial charge in [0, 0.05) is 5.56 Å². The van der Waals surface area contributed by atoms with Crippen LogP contribution < -0.4 is 10.2 Å². The molecule has 1 aromatic carbocycles. The van der Waals surface area contributed by atoms with Crippen LogP contribution in [0.1, 0.15) is 28.0 Å². The number of benzene rings is 1. The van der Waals surface area contributed by atoms with Crippen LogP contribution in [0.15, 0.2) is 36.5 Å². The van der Waals surface area contributed by atoms with Gasteiger partial charge in [0.2, 0.25) is 0 Å². The first-order valence-corrected chi connectivity index (χ1v) is 9.96. The second kappa shape index (κ2) is 8.85. The van der Waals surface area contributed by atoms with Crippen LogP contribution in [0.2, 0.25) is 0 Å². The van der Waals surface area contributed by atoms with Gasteiger partial charge in [-0.2, -0.15) is 5.10 Å². The Bertz CT molecular complexity index is 1030. The van der Waals surface area contributed by atoms with Crippen molar-refractivity contribution in [2.45, 2.75) is 13.3 Å². The maximum atomic E-state index is 13.7. The monoisotopic (exact) mass is 416 g/mol. The predicted molar refractivity (Wildman–Crippen MR) is 107 cm³/mol. The van der Waals surface area contributed by atoms with Crippen LogP contribution in [0.3, 0.4) is 0 Å². The number of aryl methyl sites for hydroxylation is 1. The zero-order valence-electron chi connectivity index (χ0n) is 16.7. The number of nitrogens with zero attached hydrogens (tertiary/aromatic N) is 3. The first-order chi connectivity index (χ1) is 14.5. The number of rotatable bonds is 6. The molecule has 2 aromatic heterocycles. The van der Waals surface area contributed by atoms with E-state index in [2.05, 4.69) is 15.4 Å². The summed E-state index contributed by atoms with van der Waals surface area (Å²) < 4.78 is 33.7. The summed E-state index contributed by atoms with van der Waals surface area (Å²) in [5, 5.41) is 6.86. The van der Waals surface area contributed by atoms with E-state index < -0.39 is 6.43 Å². The van der Waals surface area contributed by atoms with E-state index in [0.29, 0.717) is 17.8 Å². The number of amides is 1. The van der Waals surface area contributed by atoms with E-state index in [0.717, 1.165) is 42.9 Å². The molecule has 1 amide bonds. The Morgan fingerprint density at radius 3 is 2.70 bits per heavy atom. The van der Waals surface area contributed by atoms with E-state index >= 15 is 0 Å². The van der Waals surface area contributed by atoms with Crippen molar-refractivity contribution in [3.63, 3.8) is 0 Å². The maximum Gasteiger partial charge on any atom is 0.280 e. The lowest BCUT2D eigenvalue weighted by molar-refractivity contribution is -0.906. The molecule has 1 saturated heterocycles. The minimum atomic E-state index is -2.75. The number of aromatic nitrogens is 3. The molecule has 0 bridgehead atoms. The highest BCUT2D eigenvalue weighted by atomic mass is 19.3. The highest BCUT2D eigenvalue weighted by Gasteiger charge is 2.22. The Labute approximate surface area is 172 Å². The van der Waals surface area contributed by atoms with Gasteiger partial charge >= 0.3 is 0 Å². The molecule has 9 heteroatoms. The summed E-state index contributed by atoms with van der Waals surface area (Å²) in [6.07, 6.45) is -1.45. The van der Waals surface area contributed by atoms with E-state index in [4.69, 9.17) is 4.74 Å². The number of carbonyl (C=O) groups excluding carboxylic acids is 1. The molecule has 0 spiro atoms. The van der Waals surface area contributed by atoms with Gasteiger partial charge in [0.25, 0.3) is 12.3 Å². The molecule has 3 aromatic rings. The lowest BCUT2D eigenvalue weighted by Crippen LogP contribution is -3.14. The lowest BCUT2D eigenvalue weighted by Gasteiger charge is -2.23. The van der Waals surface area contributed by atoms with Crippen LogP contribution in [-0.2, 0) is 4.74 Å². The maximum absolute atomic E-state index is 13.7. The minimum Gasteiger partial charge on any atom is -0.370 e. The number of carbonyl (C=O) groups is 1. The first-order valence-electron chi connectivity index (χ1n) is 9.96. The Hall–Kier alpha value is -2.91. The largest absolute Gasteiger partial charge is 0.370 e. The van der Waals surface area contributed by atoms with Crippen molar-refractivity contribution in [3.05, 3.63) is 53.3 Å². The number of nitrogens with one attached hydrogen (secondary N) is 2. The number of quaternary nitrogens is 1. The summed E-state index contributed by atoms with van der Waals surface area (Å²) in [5.74, 6) is -0.369. The van der Waals surface area contributed by atoms with Crippen molar-refractivity contribution in [2.75, 3.05) is 39.4 Å². The third-order valence-corrected chi connectivity index (χ3v) is 5.28. The fourth-order valence-corrected chi connectivity index (χ4v) is 3.53. The number of fused-ring (bicyclic) bond motifs is 1. The summed E-state index contributed by atoms with van der Waals surface area (Å²) in [7, 11) is 0. The normalized spacial score (nSPS) is 15.1. The van der Waals surface area contributed by atoms with Gasteiger partial charge < -0.3 is 15.0 Å². The topological polar surface area (TPSA) is 73.0 Å². The molecule has 7 nitrogen and oxygen atoms in total. The number of hydrogen-bond donors (Lipinski definition) is 2. The molecule has 1 aliphatic rings. The van der Waals surface area contributed by atoms with Crippen LogP contribution in [0, 0.1) is 6.92 Å². The molecule has 30 heavy (non-hydrogen) atoms. The highest BCUT2D eigenvalue weighted by molar-refractivity contribution is 5.99. The molecule has 0 unspecified atom stereocenters. The fourth-order valence-electron chi connectivity index (χ4n) is 3.53. The number of ether oxygens (including phenoxy) is 1. The molecule has 1 aliphatic heterocycles. The van der Waals surface area contributed by atoms with Gasteiger partial charge in [-0.3, -0.25) is 4.79 Å². The summed E-state index contributed by atoms with van der Waals surface area (Å²) in [6.45, 7) is 6.46. The van der Waals surface area contributed by atoms with Gasteiger partial charge in [-0.05, 0) is 13.0 Å². The third kappa shape index (κ3) is 4.31. The van der Waals surface area contributed by atoms with E-state index in [9.17, 15) is 13.6 Å². The average Bonchev–Trinajstić information content (AvgIpc) is 3.18. The first kappa shape index (κ1) is 20.4. The molecule has 0 saturated carbocycles. The molecule has 0 atom stereocenters. The molecular formula is C21H24F2N5O2+. The van der Waals surface area contributed by atoms with Crippen LogP contribution in [0.25, 0.3) is 16.9 Å². The SMILES string of the molecule is Cc1ccc(-c2cc(C(F)F)n3ncc(C(=O)NCC[NH+]4CCOCC4)c3n2)cc1. The molecule has 1 fully saturated rings. The molecule has 158 valence electrons. The lowest BCUT2D eigenvalue weighted by atomic mass is 10.1. The average molecular weight is 416 g/mol. The molecular weight excluding hydrogens is 392 g/mol. The molecule has 2 N–H and O–H groups in total. The predicted octanol–water partition coefficient (Wildman–Crippen LogP) is 1.29. The zero-order chi connectivity index (χ0) is 21.1. The van der Waals surface area contributed by atoms with Crippen molar-refractivity contribution < 1.29 is 23.2 Å². The number of morpholine rings is 1. The summed E-state index contributed by atoms with van der Waals surface area (Å²) in [6, 6.07) is 8.75. The van der Waals surface area contributed by atoms with E-state index in [-0.39, 0.29) is 22.8 Å². The molecule has 0 radical (unpaired) electrons. The molecule has 4 rings (SSSR count). The Kier molecular flexibility index (Phi) is 6.01. The minimum absolute atomic E-state index is 0.125. The highest BCUT2D eigenvalue weighted by Crippen LogP contribution is 2.27. The molecule has 3 heterocycles. The summed E-state index contributed by atoms with van der Waals surface area (Å²) in [4.78, 5) is 18.6. The van der Waals surface area contributed by atoms with Crippen molar-refractivity contribution >= 4 is 11.6 Å². The zero-order valence-corrected chi connectivity index (χ0v) is 16.7. The fraction of sp³-hybridized carbons (Fsp3) is 0.381. The van der Waals surface area contributed by atoms with Gasteiger partial charge in [-0.1, -0.05) is 29.8 Å². The molecule has 0 aliphatic carbocycles. The number of alkyl halides is 2. The second-order valence-corrected chi connectivity index (χ2v) is 7.39. The van der Waals surface area contributed by atoms with E-state index in [1.54, 1.807) is 0 Å². The smallest absolute Gasteiger partial charge is 0.280 e. The summed E-state index contributed by atoms with van der Waals surface area (Å²) in [5.41, 5.74) is 2.15. The van der Waals surface area contributed by atoms with Gasteiger partial charge in [0.1, 0.15) is 24.3 Å². The van der Waals surface area contributed by atoms with Gasteiger partial charge in [0.05, 0.1) is 38.2 Å². The van der Waals surface area contributed by atoms with Crippen molar-refractivity contribution in [1.82, 2.24) is 19.9 Å². The van der Waals surface area contributed by atoms with Crippen LogP contribution in [0.5, 0.6) is 0 Å². The Morgan fingerprint density at radius 1 is 1.27 bits per heavy atom. The van der Waals surface area contributed by atoms with Gasteiger partial charge in [0.15, 0.2) is 5.65 Å². The Morgan fingerprint density at radius 2 is 2.00 bits per heavy atom. The van der Waals surface area contributed by atoms with Gasteiger partial charge in [-0.15, -0.1) is 0 Å². The van der Waals surface area contributed by atoms with Crippen LogP contribution >= 0.6 is 0 Å². The van der Waals surface area contributed by atoms with E-state index in [1.807, 2.05) is 31.2 Å². The second-order valence-electron chi connectivity index (χ2n) is 7.39. The number of halogens is 2. The quantitative estimate of drug-likeness (QED) is 0.635. The van der Waals surface area contributed by atoms with E-state index in [1.165, 1.54) is 17.2 Å². The van der Waals surface area contributed by atoms with Gasteiger partial charge in [-0.25, -0.2) is 18.3 Å². The van der Waals surface area contributed by atoms with Crippen molar-refractivity contribution in [1.29, 1.82) is 0 Å². The van der Waals surface area contributed by atoms with Crippen molar-refractivity contribution in [2.24, 2.45) is 0 Å². The third-order valence-electron chi connectivity index (χ3n) is 5.28. The standard InChI is InChI=1S/C21H23F2N5O2/c1-14-2-4-15(5-3-14)17-12-18(19(22)23)28-20(26-17)16(13-25-28)21(29)24-6-7-27-8-10-30-11-9-27/h2-5,12-13,19H,6-11H2,1H3,(H,24,29)/p+1. The Balaban J connectivity index is 1.60.